The van der Waals surface area contributed by atoms with E-state index in [0.717, 1.165) is 54.4 Å². The average molecular weight is 580 g/mol. The number of amides is 3. The van der Waals surface area contributed by atoms with Crippen LogP contribution in [0.1, 0.15) is 108 Å². The minimum Gasteiger partial charge on any atom is -0.444 e. The normalized spacial score (nSPS) is 12.9. The number of hydrogen-bond acceptors (Lipinski definition) is 4. The average Bonchev–Trinajstić information content (AvgIpc) is 2.92. The minimum absolute atomic E-state index is 0.219. The first-order valence-corrected chi connectivity index (χ1v) is 15.5. The number of rotatable bonds is 15. The maximum Gasteiger partial charge on any atom is 0.408 e. The summed E-state index contributed by atoms with van der Waals surface area (Å²) < 4.78 is 5.50. The highest BCUT2D eigenvalue weighted by atomic mass is 16.6. The lowest BCUT2D eigenvalue weighted by Crippen LogP contribution is -2.55. The van der Waals surface area contributed by atoms with Crippen molar-refractivity contribution in [2.24, 2.45) is 5.92 Å². The maximum absolute atomic E-state index is 14.4. The number of aryl methyl sites for hydroxylation is 1. The molecule has 0 saturated carbocycles. The highest BCUT2D eigenvalue weighted by molar-refractivity contribution is 5.92. The van der Waals surface area contributed by atoms with E-state index in [2.05, 4.69) is 17.6 Å². The van der Waals surface area contributed by atoms with Gasteiger partial charge in [-0.3, -0.25) is 9.59 Å². The molecular weight excluding hydrogens is 526 g/mol. The zero-order valence-corrected chi connectivity index (χ0v) is 27.1. The molecule has 232 valence electrons. The van der Waals surface area contributed by atoms with Gasteiger partial charge in [0.25, 0.3) is 0 Å². The molecule has 7 nitrogen and oxygen atoms in total. The molecule has 0 heterocycles. The molecule has 0 aromatic heterocycles. The Kier molecular flexibility index (Phi) is 14.1. The molecule has 0 aliphatic rings. The van der Waals surface area contributed by atoms with E-state index in [1.54, 1.807) is 25.7 Å². The van der Waals surface area contributed by atoms with Crippen molar-refractivity contribution in [3.8, 4) is 0 Å². The minimum atomic E-state index is -0.852. The van der Waals surface area contributed by atoms with Crippen LogP contribution < -0.4 is 10.6 Å². The molecule has 0 spiro atoms. The van der Waals surface area contributed by atoms with Gasteiger partial charge in [0, 0.05) is 13.1 Å². The Hall–Kier alpha value is -3.35. The number of benzene rings is 2. The fraction of sp³-hybridized carbons (Fsp3) is 0.571. The van der Waals surface area contributed by atoms with E-state index in [9.17, 15) is 14.4 Å². The Morgan fingerprint density at radius 1 is 0.881 bits per heavy atom. The van der Waals surface area contributed by atoms with Gasteiger partial charge in [0.05, 0.1) is 0 Å². The Morgan fingerprint density at radius 2 is 1.52 bits per heavy atom. The number of alkyl carbamates (subject to hydrolysis) is 1. The van der Waals surface area contributed by atoms with E-state index in [0.29, 0.717) is 13.1 Å². The smallest absolute Gasteiger partial charge is 0.408 e. The number of nitrogens with one attached hydrogen (secondary N) is 2. The van der Waals surface area contributed by atoms with Gasteiger partial charge in [-0.25, -0.2) is 4.79 Å². The topological polar surface area (TPSA) is 87.7 Å². The number of ether oxygens (including phenoxy) is 1. The van der Waals surface area contributed by atoms with Crippen LogP contribution >= 0.6 is 0 Å². The Labute approximate surface area is 253 Å². The van der Waals surface area contributed by atoms with Gasteiger partial charge in [0.15, 0.2) is 0 Å². The van der Waals surface area contributed by atoms with Crippen LogP contribution in [0.15, 0.2) is 48.5 Å². The number of hydrogen-bond donors (Lipinski definition) is 2. The van der Waals surface area contributed by atoms with Crippen molar-refractivity contribution in [1.82, 2.24) is 15.5 Å². The van der Waals surface area contributed by atoms with Crippen molar-refractivity contribution in [2.75, 3.05) is 6.54 Å². The number of unbranched alkanes of at least 4 members (excludes halogenated alkanes) is 5. The molecule has 2 aromatic carbocycles. The lowest BCUT2D eigenvalue weighted by Gasteiger charge is -2.36. The standard InChI is InChI=1S/C35H53N3O4/c1-9-10-11-12-13-17-23-38(33(40)30(25(2)3)37-34(41)42-35(6,7)8)31(29-22-18-19-26(4)27(29)5)32(39)36-24-28-20-15-14-16-21-28/h14-16,18-22,25,30-31H,9-13,17,23-24H2,1-8H3,(H,36,39)(H,37,41). The van der Waals surface area contributed by atoms with E-state index in [1.807, 2.05) is 76.2 Å². The first kappa shape index (κ1) is 34.8. The van der Waals surface area contributed by atoms with Crippen LogP contribution in [0, 0.1) is 19.8 Å². The van der Waals surface area contributed by atoms with Crippen molar-refractivity contribution < 1.29 is 19.1 Å². The Bertz CT molecular complexity index is 1140. The summed E-state index contributed by atoms with van der Waals surface area (Å²) in [5.41, 5.74) is 3.09. The quantitative estimate of drug-likeness (QED) is 0.215. The molecule has 0 saturated heterocycles. The van der Waals surface area contributed by atoms with Crippen molar-refractivity contribution in [2.45, 2.75) is 118 Å². The summed E-state index contributed by atoms with van der Waals surface area (Å²) in [5, 5.41) is 5.91. The van der Waals surface area contributed by atoms with E-state index in [1.165, 1.54) is 6.42 Å². The number of carbonyl (C=O) groups excluding carboxylic acids is 3. The van der Waals surface area contributed by atoms with E-state index >= 15 is 0 Å². The van der Waals surface area contributed by atoms with Crippen LogP contribution in [0.2, 0.25) is 0 Å². The van der Waals surface area contributed by atoms with E-state index in [4.69, 9.17) is 4.74 Å². The lowest BCUT2D eigenvalue weighted by atomic mass is 9.93. The van der Waals surface area contributed by atoms with Gasteiger partial charge in [-0.15, -0.1) is 0 Å². The molecule has 2 rings (SSSR count). The van der Waals surface area contributed by atoms with Crippen LogP contribution in [0.4, 0.5) is 4.79 Å². The molecule has 2 unspecified atom stereocenters. The largest absolute Gasteiger partial charge is 0.444 e. The van der Waals surface area contributed by atoms with Gasteiger partial charge in [-0.1, -0.05) is 101 Å². The summed E-state index contributed by atoms with van der Waals surface area (Å²) in [5.74, 6) is -0.749. The van der Waals surface area contributed by atoms with Gasteiger partial charge in [0.2, 0.25) is 11.8 Å². The van der Waals surface area contributed by atoms with Gasteiger partial charge < -0.3 is 20.3 Å². The Balaban J connectivity index is 2.49. The highest BCUT2D eigenvalue weighted by Crippen LogP contribution is 2.29. The predicted octanol–water partition coefficient (Wildman–Crippen LogP) is 7.40. The second-order valence-electron chi connectivity index (χ2n) is 12.6. The summed E-state index contributed by atoms with van der Waals surface area (Å²) in [7, 11) is 0. The zero-order chi connectivity index (χ0) is 31.3. The molecule has 7 heteroatoms. The summed E-state index contributed by atoms with van der Waals surface area (Å²) in [4.78, 5) is 43.0. The predicted molar refractivity (Wildman–Crippen MR) is 170 cm³/mol. The third-order valence-electron chi connectivity index (χ3n) is 7.45. The molecule has 0 aliphatic heterocycles. The van der Waals surface area contributed by atoms with Crippen LogP contribution in [-0.4, -0.2) is 41.0 Å². The third-order valence-corrected chi connectivity index (χ3v) is 7.45. The SMILES string of the molecule is CCCCCCCCN(C(=O)C(NC(=O)OC(C)(C)C)C(C)C)C(C(=O)NCc1ccccc1)c1cccc(C)c1C. The summed E-state index contributed by atoms with van der Waals surface area (Å²) in [6.45, 7) is 16.1. The summed E-state index contributed by atoms with van der Waals surface area (Å²) in [6.07, 6.45) is 5.65. The molecule has 2 N–H and O–H groups in total. The van der Waals surface area contributed by atoms with Crippen LogP contribution in [0.25, 0.3) is 0 Å². The van der Waals surface area contributed by atoms with Crippen LogP contribution in [-0.2, 0) is 20.9 Å². The van der Waals surface area contributed by atoms with Gasteiger partial charge >= 0.3 is 6.09 Å². The molecule has 2 atom stereocenters. The fourth-order valence-corrected chi connectivity index (χ4v) is 4.96. The summed E-state index contributed by atoms with van der Waals surface area (Å²) in [6, 6.07) is 13.9. The van der Waals surface area contributed by atoms with Crippen molar-refractivity contribution >= 4 is 17.9 Å². The number of nitrogens with zero attached hydrogens (tertiary/aromatic N) is 1. The lowest BCUT2D eigenvalue weighted by molar-refractivity contribution is -0.143. The maximum atomic E-state index is 14.4. The van der Waals surface area contributed by atoms with Gasteiger partial charge in [0.1, 0.15) is 17.7 Å². The summed E-state index contributed by atoms with van der Waals surface area (Å²) >= 11 is 0. The van der Waals surface area contributed by atoms with Gasteiger partial charge in [-0.2, -0.15) is 0 Å². The molecule has 0 bridgehead atoms. The van der Waals surface area contributed by atoms with E-state index < -0.39 is 23.8 Å². The monoisotopic (exact) mass is 579 g/mol. The fourth-order valence-electron chi connectivity index (χ4n) is 4.96. The molecule has 0 radical (unpaired) electrons. The second-order valence-corrected chi connectivity index (χ2v) is 12.6. The molecule has 3 amide bonds. The Morgan fingerprint density at radius 3 is 2.14 bits per heavy atom. The van der Waals surface area contributed by atoms with Crippen molar-refractivity contribution in [3.63, 3.8) is 0 Å². The molecule has 0 fully saturated rings. The first-order chi connectivity index (χ1) is 19.9. The third kappa shape index (κ3) is 11.1. The zero-order valence-electron chi connectivity index (χ0n) is 27.1. The van der Waals surface area contributed by atoms with Crippen molar-refractivity contribution in [1.29, 1.82) is 0 Å². The molecule has 2 aromatic rings. The molecule has 42 heavy (non-hydrogen) atoms. The molecular formula is C35H53N3O4. The first-order valence-electron chi connectivity index (χ1n) is 15.5. The van der Waals surface area contributed by atoms with Gasteiger partial charge in [-0.05, 0) is 69.2 Å². The van der Waals surface area contributed by atoms with Crippen LogP contribution in [0.5, 0.6) is 0 Å². The van der Waals surface area contributed by atoms with Crippen molar-refractivity contribution in [3.05, 3.63) is 70.8 Å². The second kappa shape index (κ2) is 16.9. The van der Waals surface area contributed by atoms with Crippen LogP contribution in [0.3, 0.4) is 0 Å². The highest BCUT2D eigenvalue weighted by Gasteiger charge is 2.38. The molecule has 0 aliphatic carbocycles. The number of carbonyl (C=O) groups is 3. The van der Waals surface area contributed by atoms with E-state index in [-0.39, 0.29) is 17.7 Å².